The zero-order chi connectivity index (χ0) is 13.7. The molecule has 1 heterocycles. The zero-order valence-corrected chi connectivity index (χ0v) is 11.5. The minimum absolute atomic E-state index is 0.0266. The Hall–Kier alpha value is -1.87. The molecule has 0 saturated heterocycles. The van der Waals surface area contributed by atoms with Crippen LogP contribution >= 0.6 is 11.6 Å². The number of nitrogens with zero attached hydrogens (tertiary/aromatic N) is 2. The van der Waals surface area contributed by atoms with Crippen molar-refractivity contribution in [2.45, 2.75) is 13.0 Å². The number of hydrogen-bond acceptors (Lipinski definition) is 2. The number of rotatable bonds is 4. The molecule has 0 aliphatic heterocycles. The van der Waals surface area contributed by atoms with Crippen molar-refractivity contribution in [2.75, 3.05) is 7.05 Å². The van der Waals surface area contributed by atoms with Gasteiger partial charge in [-0.05, 0) is 23.8 Å². The molecule has 98 valence electrons. The highest BCUT2D eigenvalue weighted by molar-refractivity contribution is 6.31. The molecule has 2 aromatic rings. The topological polar surface area (TPSA) is 33.2 Å². The first-order chi connectivity index (χ1) is 9.16. The van der Waals surface area contributed by atoms with Crippen LogP contribution in [-0.4, -0.2) is 22.8 Å². The minimum Gasteiger partial charge on any atom is -0.340 e. The summed E-state index contributed by atoms with van der Waals surface area (Å²) in [7, 11) is 1.77. The summed E-state index contributed by atoms with van der Waals surface area (Å²) >= 11 is 6.05. The highest BCUT2D eigenvalue weighted by atomic mass is 35.5. The van der Waals surface area contributed by atoms with E-state index in [9.17, 15) is 4.79 Å². The number of aromatic nitrogens is 1. The molecule has 3 nitrogen and oxygen atoms in total. The highest BCUT2D eigenvalue weighted by Crippen LogP contribution is 2.16. The van der Waals surface area contributed by atoms with E-state index >= 15 is 0 Å². The maximum Gasteiger partial charge on any atom is 0.227 e. The zero-order valence-electron chi connectivity index (χ0n) is 10.7. The Morgan fingerprint density at radius 2 is 1.95 bits per heavy atom. The molecule has 4 heteroatoms. The van der Waals surface area contributed by atoms with Gasteiger partial charge in [-0.2, -0.15) is 0 Å². The second kappa shape index (κ2) is 6.34. The molecule has 0 bridgehead atoms. The van der Waals surface area contributed by atoms with Crippen LogP contribution in [0.4, 0.5) is 0 Å². The summed E-state index contributed by atoms with van der Waals surface area (Å²) in [6, 6.07) is 13.1. The fraction of sp³-hybridized carbons (Fsp3) is 0.200. The van der Waals surface area contributed by atoms with Crippen molar-refractivity contribution in [1.82, 2.24) is 9.88 Å². The summed E-state index contributed by atoms with van der Waals surface area (Å²) in [6.45, 7) is 0.504. The van der Waals surface area contributed by atoms with Crippen molar-refractivity contribution < 1.29 is 4.79 Å². The molecule has 0 atom stereocenters. The lowest BCUT2D eigenvalue weighted by Crippen LogP contribution is -2.28. The van der Waals surface area contributed by atoms with Gasteiger partial charge in [-0.1, -0.05) is 35.9 Å². The van der Waals surface area contributed by atoms with Gasteiger partial charge >= 0.3 is 0 Å². The molecule has 2 rings (SSSR count). The van der Waals surface area contributed by atoms with Gasteiger partial charge in [0.15, 0.2) is 0 Å². The van der Waals surface area contributed by atoms with Gasteiger partial charge in [-0.25, -0.2) is 0 Å². The van der Waals surface area contributed by atoms with Crippen LogP contribution in [0.3, 0.4) is 0 Å². The molecule has 0 radical (unpaired) electrons. The monoisotopic (exact) mass is 274 g/mol. The fourth-order valence-corrected chi connectivity index (χ4v) is 1.97. The van der Waals surface area contributed by atoms with Crippen LogP contribution < -0.4 is 0 Å². The van der Waals surface area contributed by atoms with Crippen molar-refractivity contribution in [3.63, 3.8) is 0 Å². The molecule has 0 fully saturated rings. The van der Waals surface area contributed by atoms with E-state index in [1.54, 1.807) is 24.2 Å². The SMILES string of the molecule is CN(Cc1ccccn1)C(=O)Cc1ccccc1Cl. The molecule has 0 saturated carbocycles. The average molecular weight is 275 g/mol. The maximum absolute atomic E-state index is 12.1. The summed E-state index contributed by atoms with van der Waals surface area (Å²) in [6.07, 6.45) is 2.03. The smallest absolute Gasteiger partial charge is 0.227 e. The molecule has 0 spiro atoms. The third kappa shape index (κ3) is 3.80. The minimum atomic E-state index is 0.0266. The van der Waals surface area contributed by atoms with Gasteiger partial charge in [0, 0.05) is 18.3 Å². The maximum atomic E-state index is 12.1. The Balaban J connectivity index is 1.99. The summed E-state index contributed by atoms with van der Waals surface area (Å²) in [5, 5.41) is 0.627. The Bertz CT molecular complexity index is 557. The van der Waals surface area contributed by atoms with E-state index in [0.717, 1.165) is 11.3 Å². The highest BCUT2D eigenvalue weighted by Gasteiger charge is 2.12. The Morgan fingerprint density at radius 1 is 1.21 bits per heavy atom. The van der Waals surface area contributed by atoms with Crippen LogP contribution in [0.1, 0.15) is 11.3 Å². The summed E-state index contributed by atoms with van der Waals surface area (Å²) in [5.41, 5.74) is 1.72. The van der Waals surface area contributed by atoms with Gasteiger partial charge < -0.3 is 4.90 Å². The molecule has 19 heavy (non-hydrogen) atoms. The van der Waals surface area contributed by atoms with Gasteiger partial charge in [0.25, 0.3) is 0 Å². The second-order valence-corrected chi connectivity index (χ2v) is 4.75. The van der Waals surface area contributed by atoms with Crippen molar-refractivity contribution in [2.24, 2.45) is 0 Å². The number of amides is 1. The van der Waals surface area contributed by atoms with E-state index in [0.29, 0.717) is 18.0 Å². The van der Waals surface area contributed by atoms with Crippen LogP contribution in [0.2, 0.25) is 5.02 Å². The first-order valence-corrected chi connectivity index (χ1v) is 6.42. The molecule has 1 aromatic carbocycles. The van der Waals surface area contributed by atoms with Crippen molar-refractivity contribution >= 4 is 17.5 Å². The lowest BCUT2D eigenvalue weighted by molar-refractivity contribution is -0.129. The van der Waals surface area contributed by atoms with E-state index in [1.165, 1.54) is 0 Å². The normalized spacial score (nSPS) is 10.2. The van der Waals surface area contributed by atoms with Gasteiger partial charge in [0.1, 0.15) is 0 Å². The Labute approximate surface area is 117 Å². The number of likely N-dealkylation sites (N-methyl/N-ethyl adjacent to an activating group) is 1. The second-order valence-electron chi connectivity index (χ2n) is 4.34. The van der Waals surface area contributed by atoms with E-state index in [2.05, 4.69) is 4.98 Å². The number of carbonyl (C=O) groups is 1. The molecule has 1 amide bonds. The number of benzene rings is 1. The van der Waals surface area contributed by atoms with E-state index in [4.69, 9.17) is 11.6 Å². The fourth-order valence-electron chi connectivity index (χ4n) is 1.76. The quantitative estimate of drug-likeness (QED) is 0.859. The van der Waals surface area contributed by atoms with Gasteiger partial charge in [0.05, 0.1) is 18.7 Å². The molecular formula is C15H15ClN2O. The van der Waals surface area contributed by atoms with Gasteiger partial charge in [0.2, 0.25) is 5.91 Å². The van der Waals surface area contributed by atoms with E-state index in [-0.39, 0.29) is 5.91 Å². The van der Waals surface area contributed by atoms with Crippen molar-refractivity contribution in [3.05, 3.63) is 64.9 Å². The molecular weight excluding hydrogens is 260 g/mol. The number of pyridine rings is 1. The summed E-state index contributed by atoms with van der Waals surface area (Å²) in [4.78, 5) is 18.0. The first-order valence-electron chi connectivity index (χ1n) is 6.04. The Morgan fingerprint density at radius 3 is 2.63 bits per heavy atom. The molecule has 1 aromatic heterocycles. The summed E-state index contributed by atoms with van der Waals surface area (Å²) in [5.74, 6) is 0.0266. The molecule has 0 unspecified atom stereocenters. The number of carbonyl (C=O) groups excluding carboxylic acids is 1. The lowest BCUT2D eigenvalue weighted by atomic mass is 10.1. The predicted molar refractivity (Wildman–Crippen MR) is 75.9 cm³/mol. The van der Waals surface area contributed by atoms with Crippen LogP contribution in [0, 0.1) is 0 Å². The standard InChI is InChI=1S/C15H15ClN2O/c1-18(11-13-7-4-5-9-17-13)15(19)10-12-6-2-3-8-14(12)16/h2-9H,10-11H2,1H3. The van der Waals surface area contributed by atoms with E-state index < -0.39 is 0 Å². The van der Waals surface area contributed by atoms with Crippen molar-refractivity contribution in [1.29, 1.82) is 0 Å². The largest absolute Gasteiger partial charge is 0.340 e. The Kier molecular flexibility index (Phi) is 4.53. The molecule has 0 N–H and O–H groups in total. The van der Waals surface area contributed by atoms with Crippen LogP contribution in [-0.2, 0) is 17.8 Å². The third-order valence-electron chi connectivity index (χ3n) is 2.85. The predicted octanol–water partition coefficient (Wildman–Crippen LogP) is 2.94. The van der Waals surface area contributed by atoms with Crippen LogP contribution in [0.25, 0.3) is 0 Å². The summed E-state index contributed by atoms with van der Waals surface area (Å²) < 4.78 is 0. The van der Waals surface area contributed by atoms with Gasteiger partial charge in [-0.3, -0.25) is 9.78 Å². The number of halogens is 1. The third-order valence-corrected chi connectivity index (χ3v) is 3.22. The van der Waals surface area contributed by atoms with Crippen LogP contribution in [0.15, 0.2) is 48.7 Å². The van der Waals surface area contributed by atoms with E-state index in [1.807, 2.05) is 36.4 Å². The molecule has 0 aliphatic rings. The van der Waals surface area contributed by atoms with Crippen LogP contribution in [0.5, 0.6) is 0 Å². The van der Waals surface area contributed by atoms with Crippen molar-refractivity contribution in [3.8, 4) is 0 Å². The first kappa shape index (κ1) is 13.6. The lowest BCUT2D eigenvalue weighted by Gasteiger charge is -2.17. The average Bonchev–Trinajstić information content (AvgIpc) is 2.42. The number of hydrogen-bond donors (Lipinski definition) is 0. The molecule has 0 aliphatic carbocycles. The van der Waals surface area contributed by atoms with Gasteiger partial charge in [-0.15, -0.1) is 0 Å².